The van der Waals surface area contributed by atoms with Crippen LogP contribution < -0.4 is 19.9 Å². The van der Waals surface area contributed by atoms with Crippen LogP contribution in [0.3, 0.4) is 0 Å². The van der Waals surface area contributed by atoms with Gasteiger partial charge in [-0.1, -0.05) is 6.07 Å². The van der Waals surface area contributed by atoms with E-state index < -0.39 is 11.6 Å². The van der Waals surface area contributed by atoms with Gasteiger partial charge >= 0.3 is 0 Å². The maximum absolute atomic E-state index is 14.8. The number of ether oxygens (including phenoxy) is 1. The van der Waals surface area contributed by atoms with E-state index >= 15 is 0 Å². The number of piperazine rings is 1. The molecule has 2 aliphatic rings. The summed E-state index contributed by atoms with van der Waals surface area (Å²) in [5.74, 6) is -1.06. The van der Waals surface area contributed by atoms with E-state index in [-0.39, 0.29) is 23.7 Å². The van der Waals surface area contributed by atoms with Gasteiger partial charge in [0, 0.05) is 45.2 Å². The molecule has 0 radical (unpaired) electrons. The number of aromatic nitrogens is 2. The Balaban J connectivity index is 1.42. The fraction of sp³-hybridized carbons (Fsp3) is 0.333. The van der Waals surface area contributed by atoms with Crippen molar-refractivity contribution in [2.24, 2.45) is 0 Å². The molecule has 0 aliphatic carbocycles. The Hall–Kier alpha value is -3.33. The molecule has 2 aromatic carbocycles. The van der Waals surface area contributed by atoms with Gasteiger partial charge in [-0.2, -0.15) is 0 Å². The second-order valence-corrected chi connectivity index (χ2v) is 8.26. The zero-order valence-electron chi connectivity index (χ0n) is 18.2. The van der Waals surface area contributed by atoms with Crippen molar-refractivity contribution in [2.45, 2.75) is 6.42 Å². The van der Waals surface area contributed by atoms with Gasteiger partial charge in [0.25, 0.3) is 0 Å². The maximum atomic E-state index is 14.8. The van der Waals surface area contributed by atoms with Crippen LogP contribution in [-0.2, 0) is 6.42 Å². The molecule has 3 aromatic rings. The number of halogens is 3. The average Bonchev–Trinajstić information content (AvgIpc) is 2.81. The summed E-state index contributed by atoms with van der Waals surface area (Å²) >= 11 is 0. The number of hydrogen-bond acceptors (Lipinski definition) is 6. The Kier molecular flexibility index (Phi) is 5.80. The van der Waals surface area contributed by atoms with Crippen molar-refractivity contribution in [2.75, 3.05) is 56.2 Å². The zero-order valence-corrected chi connectivity index (χ0v) is 18.2. The van der Waals surface area contributed by atoms with E-state index in [0.717, 1.165) is 32.4 Å². The second-order valence-electron chi connectivity index (χ2n) is 8.26. The quantitative estimate of drug-likeness (QED) is 0.651. The van der Waals surface area contributed by atoms with Crippen molar-refractivity contribution in [1.29, 1.82) is 0 Å². The molecule has 172 valence electrons. The summed E-state index contributed by atoms with van der Waals surface area (Å²) in [6, 6.07) is 7.94. The molecule has 2 aliphatic heterocycles. The summed E-state index contributed by atoms with van der Waals surface area (Å²) < 4.78 is 49.4. The minimum Gasteiger partial charge on any atom is -0.486 e. The molecule has 0 spiro atoms. The van der Waals surface area contributed by atoms with Crippen LogP contribution >= 0.6 is 0 Å². The highest BCUT2D eigenvalue weighted by molar-refractivity contribution is 5.72. The number of fused-ring (bicyclic) bond motifs is 1. The lowest BCUT2D eigenvalue weighted by atomic mass is 10.1. The van der Waals surface area contributed by atoms with Gasteiger partial charge < -0.3 is 19.9 Å². The lowest BCUT2D eigenvalue weighted by Gasteiger charge is -2.29. The molecule has 5 rings (SSSR count). The number of likely N-dealkylation sites (N-methyl/N-ethyl adjacent to an activating group) is 1. The monoisotopic (exact) mass is 455 g/mol. The third-order valence-corrected chi connectivity index (χ3v) is 6.01. The maximum Gasteiger partial charge on any atom is 0.178 e. The summed E-state index contributed by atoms with van der Waals surface area (Å²) in [6.07, 6.45) is 1.29. The van der Waals surface area contributed by atoms with E-state index in [1.807, 2.05) is 22.9 Å². The van der Waals surface area contributed by atoms with Crippen LogP contribution in [0.25, 0.3) is 11.3 Å². The minimum atomic E-state index is -0.655. The first-order chi connectivity index (χ1) is 16.0. The van der Waals surface area contributed by atoms with E-state index in [1.165, 1.54) is 12.1 Å². The van der Waals surface area contributed by atoms with Gasteiger partial charge in [-0.3, -0.25) is 0 Å². The Morgan fingerprint density at radius 3 is 2.58 bits per heavy atom. The van der Waals surface area contributed by atoms with Crippen LogP contribution in [0.1, 0.15) is 11.4 Å². The van der Waals surface area contributed by atoms with Crippen LogP contribution in [0.2, 0.25) is 0 Å². The van der Waals surface area contributed by atoms with Crippen LogP contribution in [0, 0.1) is 17.5 Å². The molecule has 0 bridgehead atoms. The van der Waals surface area contributed by atoms with Gasteiger partial charge in [0.1, 0.15) is 23.9 Å². The first-order valence-corrected chi connectivity index (χ1v) is 10.9. The van der Waals surface area contributed by atoms with E-state index in [9.17, 15) is 13.2 Å². The van der Waals surface area contributed by atoms with Crippen molar-refractivity contribution < 1.29 is 17.9 Å². The second kappa shape index (κ2) is 8.90. The number of nitrogens with one attached hydrogen (secondary N) is 1. The van der Waals surface area contributed by atoms with Crippen LogP contribution in [0.5, 0.6) is 5.75 Å². The molecule has 9 heteroatoms. The van der Waals surface area contributed by atoms with Gasteiger partial charge in [-0.05, 0) is 29.8 Å². The van der Waals surface area contributed by atoms with Crippen LogP contribution in [0.15, 0.2) is 36.5 Å². The SMILES string of the molecule is CN1CCOc2c(F)cc(-c3nc(Cc4ccc(N5CCNCC5)c(F)c4)ncc3F)cc21. The predicted molar refractivity (Wildman–Crippen MR) is 120 cm³/mol. The number of benzene rings is 2. The van der Waals surface area contributed by atoms with Crippen molar-refractivity contribution >= 4 is 11.4 Å². The third kappa shape index (κ3) is 4.32. The summed E-state index contributed by atoms with van der Waals surface area (Å²) in [5.41, 5.74) is 2.08. The van der Waals surface area contributed by atoms with Gasteiger partial charge in [0.05, 0.1) is 24.1 Å². The number of rotatable bonds is 4. The lowest BCUT2D eigenvalue weighted by molar-refractivity contribution is 0.295. The Morgan fingerprint density at radius 1 is 0.970 bits per heavy atom. The fourth-order valence-corrected chi connectivity index (χ4v) is 4.24. The molecular weight excluding hydrogens is 431 g/mol. The Morgan fingerprint density at radius 2 is 1.79 bits per heavy atom. The lowest BCUT2D eigenvalue weighted by Crippen LogP contribution is -2.43. The molecule has 1 N–H and O–H groups in total. The van der Waals surface area contributed by atoms with Crippen molar-refractivity contribution in [1.82, 2.24) is 15.3 Å². The topological polar surface area (TPSA) is 53.5 Å². The molecular formula is C24H24F3N5O. The van der Waals surface area contributed by atoms with Crippen molar-refractivity contribution in [3.05, 3.63) is 65.4 Å². The number of nitrogens with zero attached hydrogens (tertiary/aromatic N) is 4. The zero-order chi connectivity index (χ0) is 22.9. The Bertz CT molecular complexity index is 1180. The summed E-state index contributed by atoms with van der Waals surface area (Å²) in [5, 5.41) is 3.25. The first kappa shape index (κ1) is 21.5. The number of hydrogen-bond donors (Lipinski definition) is 1. The van der Waals surface area contributed by atoms with Crippen molar-refractivity contribution in [3.8, 4) is 17.0 Å². The van der Waals surface area contributed by atoms with Gasteiger partial charge in [-0.15, -0.1) is 0 Å². The van der Waals surface area contributed by atoms with Crippen LogP contribution in [-0.4, -0.2) is 56.3 Å². The van der Waals surface area contributed by atoms with Crippen LogP contribution in [0.4, 0.5) is 24.5 Å². The molecule has 0 saturated carbocycles. The largest absolute Gasteiger partial charge is 0.486 e. The van der Waals surface area contributed by atoms with E-state index in [4.69, 9.17) is 4.74 Å². The standard InChI is InChI=1S/C24H24F3N5O/c1-31-8-9-33-24-18(26)12-16(13-21(24)31)23-19(27)14-29-22(30-23)11-15-2-3-20(17(25)10-15)32-6-4-28-5-7-32/h2-3,10,12-14,28H,4-9,11H2,1H3. The molecule has 33 heavy (non-hydrogen) atoms. The summed E-state index contributed by atoms with van der Waals surface area (Å²) in [4.78, 5) is 12.3. The van der Waals surface area contributed by atoms with Gasteiger partial charge in [0.15, 0.2) is 17.4 Å². The molecule has 1 saturated heterocycles. The third-order valence-electron chi connectivity index (χ3n) is 6.01. The normalized spacial score (nSPS) is 15.9. The average molecular weight is 455 g/mol. The Labute approximate surface area is 190 Å². The van der Waals surface area contributed by atoms with Gasteiger partial charge in [-0.25, -0.2) is 23.1 Å². The molecule has 0 atom stereocenters. The fourth-order valence-electron chi connectivity index (χ4n) is 4.24. The molecule has 6 nitrogen and oxygen atoms in total. The smallest absolute Gasteiger partial charge is 0.178 e. The minimum absolute atomic E-state index is 0.00131. The first-order valence-electron chi connectivity index (χ1n) is 10.9. The van der Waals surface area contributed by atoms with Gasteiger partial charge in [0.2, 0.25) is 0 Å². The van der Waals surface area contributed by atoms with E-state index in [1.54, 1.807) is 12.1 Å². The summed E-state index contributed by atoms with van der Waals surface area (Å²) in [6.45, 7) is 4.12. The number of anilines is 2. The van der Waals surface area contributed by atoms with E-state index in [2.05, 4.69) is 15.3 Å². The molecule has 0 amide bonds. The van der Waals surface area contributed by atoms with E-state index in [0.29, 0.717) is 41.5 Å². The molecule has 3 heterocycles. The molecule has 0 unspecified atom stereocenters. The predicted octanol–water partition coefficient (Wildman–Crippen LogP) is 3.39. The van der Waals surface area contributed by atoms with Crippen molar-refractivity contribution in [3.63, 3.8) is 0 Å². The summed E-state index contributed by atoms with van der Waals surface area (Å²) in [7, 11) is 1.82. The highest BCUT2D eigenvalue weighted by atomic mass is 19.1. The molecule has 1 aromatic heterocycles. The highest BCUT2D eigenvalue weighted by Crippen LogP contribution is 2.37. The molecule has 1 fully saturated rings. The highest BCUT2D eigenvalue weighted by Gasteiger charge is 2.22.